The van der Waals surface area contributed by atoms with E-state index >= 15 is 0 Å². The first-order valence-corrected chi connectivity index (χ1v) is 10.4. The fraction of sp³-hybridized carbons (Fsp3) is 0.818. The van der Waals surface area contributed by atoms with E-state index in [1.807, 2.05) is 6.20 Å². The normalized spacial score (nSPS) is 14.5. The van der Waals surface area contributed by atoms with Crippen molar-refractivity contribution in [2.45, 2.75) is 111 Å². The maximum absolute atomic E-state index is 5.65. The molecule has 1 heterocycles. The summed E-state index contributed by atoms with van der Waals surface area (Å²) in [6, 6.07) is 0. The summed E-state index contributed by atoms with van der Waals surface area (Å²) in [5, 5.41) is 3.05. The number of hydrogen-bond donors (Lipinski definition) is 1. The van der Waals surface area contributed by atoms with Gasteiger partial charge in [0.15, 0.2) is 5.88 Å². The Hall–Kier alpha value is -0.920. The van der Waals surface area contributed by atoms with Gasteiger partial charge in [-0.15, -0.1) is 0 Å². The topological polar surface area (TPSA) is 21.3 Å². The minimum Gasteiger partial charge on any atom is -0.444 e. The van der Waals surface area contributed by atoms with Gasteiger partial charge in [0.25, 0.3) is 0 Å². The molecule has 0 saturated heterocycles. The second kappa shape index (κ2) is 12.4. The lowest BCUT2D eigenvalue weighted by Gasteiger charge is -2.24. The van der Waals surface area contributed by atoms with Crippen LogP contribution in [-0.4, -0.2) is 0 Å². The molecule has 2 heteroatoms. The second-order valence-corrected chi connectivity index (χ2v) is 8.05. The number of hydrogen-bond acceptors (Lipinski definition) is 2. The van der Waals surface area contributed by atoms with Crippen LogP contribution in [0.5, 0.6) is 0 Å². The molecule has 0 bridgehead atoms. The molecule has 0 amide bonds. The Morgan fingerprint density at radius 1 is 0.833 bits per heavy atom. The lowest BCUT2D eigenvalue weighted by atomic mass is 9.85. The van der Waals surface area contributed by atoms with Crippen molar-refractivity contribution in [2.75, 3.05) is 0 Å². The summed E-state index contributed by atoms with van der Waals surface area (Å²) in [6.45, 7) is 10.6. The molecule has 0 radical (unpaired) electrons. The maximum Gasteiger partial charge on any atom is 0.189 e. The summed E-state index contributed by atoms with van der Waals surface area (Å²) in [7, 11) is 0. The Balaban J connectivity index is 1.88. The van der Waals surface area contributed by atoms with E-state index in [4.69, 9.17) is 4.74 Å². The Bertz CT molecular complexity index is 370. The molecule has 0 atom stereocenters. The molecule has 0 spiro atoms. The standard InChI is InChI=1S/C22H41NO/c1-5-6-7-8-9-10-11-12-13-14-15-16-17-18-22(3,4)21-19-23-20(2)24-21/h19,23H,2,5-18H2,1,3-4H3. The quantitative estimate of drug-likeness (QED) is 0.314. The number of nitrogens with one attached hydrogen (secondary N) is 1. The SMILES string of the molecule is C=C1NC=C(C(C)(C)CCCCCCCCCCCCCCC)O1. The lowest BCUT2D eigenvalue weighted by Crippen LogP contribution is -2.14. The number of ether oxygens (including phenoxy) is 1. The predicted molar refractivity (Wildman–Crippen MR) is 106 cm³/mol. The van der Waals surface area contributed by atoms with Gasteiger partial charge in [0.1, 0.15) is 5.76 Å². The Morgan fingerprint density at radius 2 is 1.29 bits per heavy atom. The van der Waals surface area contributed by atoms with Crippen molar-refractivity contribution in [3.63, 3.8) is 0 Å². The van der Waals surface area contributed by atoms with Crippen LogP contribution in [0, 0.1) is 5.41 Å². The minimum atomic E-state index is 0.115. The zero-order chi connectivity index (χ0) is 17.7. The van der Waals surface area contributed by atoms with Crippen molar-refractivity contribution in [1.82, 2.24) is 5.32 Å². The van der Waals surface area contributed by atoms with Crippen molar-refractivity contribution in [1.29, 1.82) is 0 Å². The fourth-order valence-electron chi connectivity index (χ4n) is 3.38. The average molecular weight is 336 g/mol. The van der Waals surface area contributed by atoms with Crippen molar-refractivity contribution < 1.29 is 4.74 Å². The van der Waals surface area contributed by atoms with Gasteiger partial charge in [-0.2, -0.15) is 0 Å². The molecular formula is C22H41NO. The van der Waals surface area contributed by atoms with E-state index in [9.17, 15) is 0 Å². The molecule has 0 saturated carbocycles. The van der Waals surface area contributed by atoms with Crippen LogP contribution >= 0.6 is 0 Å². The van der Waals surface area contributed by atoms with Gasteiger partial charge in [-0.3, -0.25) is 0 Å². The second-order valence-electron chi connectivity index (χ2n) is 8.05. The van der Waals surface area contributed by atoms with E-state index in [0.29, 0.717) is 5.88 Å². The predicted octanol–water partition coefficient (Wildman–Crippen LogP) is 7.43. The zero-order valence-electron chi connectivity index (χ0n) is 16.6. The maximum atomic E-state index is 5.65. The van der Waals surface area contributed by atoms with Gasteiger partial charge < -0.3 is 10.1 Å². The molecule has 1 rings (SSSR count). The third-order valence-corrected chi connectivity index (χ3v) is 5.17. The van der Waals surface area contributed by atoms with E-state index in [0.717, 1.165) is 5.76 Å². The van der Waals surface area contributed by atoms with Gasteiger partial charge in [0.05, 0.1) is 0 Å². The molecule has 1 aliphatic rings. The van der Waals surface area contributed by atoms with Crippen LogP contribution in [0.3, 0.4) is 0 Å². The smallest absolute Gasteiger partial charge is 0.189 e. The van der Waals surface area contributed by atoms with Gasteiger partial charge in [-0.05, 0) is 13.0 Å². The Labute approximate surface area is 151 Å². The molecule has 1 N–H and O–H groups in total. The van der Waals surface area contributed by atoms with E-state index in [1.54, 1.807) is 0 Å². The van der Waals surface area contributed by atoms with Crippen LogP contribution in [0.15, 0.2) is 24.4 Å². The average Bonchev–Trinajstić information content (AvgIpc) is 2.99. The Morgan fingerprint density at radius 3 is 1.71 bits per heavy atom. The summed E-state index contributed by atoms with van der Waals surface area (Å²) in [5.74, 6) is 1.69. The summed E-state index contributed by atoms with van der Waals surface area (Å²) < 4.78 is 5.65. The molecular weight excluding hydrogens is 294 g/mol. The largest absolute Gasteiger partial charge is 0.444 e. The first-order chi connectivity index (χ1) is 11.6. The van der Waals surface area contributed by atoms with Crippen LogP contribution < -0.4 is 5.32 Å². The fourth-order valence-corrected chi connectivity index (χ4v) is 3.38. The van der Waals surface area contributed by atoms with E-state index in [2.05, 4.69) is 32.7 Å². The molecule has 24 heavy (non-hydrogen) atoms. The third-order valence-electron chi connectivity index (χ3n) is 5.17. The van der Waals surface area contributed by atoms with Crippen molar-refractivity contribution in [3.05, 3.63) is 24.4 Å². The Kier molecular flexibility index (Phi) is 11.0. The van der Waals surface area contributed by atoms with E-state index < -0.39 is 0 Å². The van der Waals surface area contributed by atoms with Gasteiger partial charge in [-0.25, -0.2) is 0 Å². The molecule has 0 fully saturated rings. The lowest BCUT2D eigenvalue weighted by molar-refractivity contribution is 0.204. The number of allylic oxidation sites excluding steroid dienone is 1. The van der Waals surface area contributed by atoms with Crippen LogP contribution in [0.2, 0.25) is 0 Å². The summed E-state index contributed by atoms with van der Waals surface area (Å²) in [5.41, 5.74) is 0.115. The van der Waals surface area contributed by atoms with Crippen LogP contribution in [-0.2, 0) is 4.74 Å². The molecule has 1 aliphatic heterocycles. The van der Waals surface area contributed by atoms with Gasteiger partial charge >= 0.3 is 0 Å². The molecule has 2 nitrogen and oxygen atoms in total. The van der Waals surface area contributed by atoms with Crippen LogP contribution in [0.25, 0.3) is 0 Å². The van der Waals surface area contributed by atoms with Gasteiger partial charge in [0, 0.05) is 11.6 Å². The summed E-state index contributed by atoms with van der Waals surface area (Å²) in [4.78, 5) is 0. The summed E-state index contributed by atoms with van der Waals surface area (Å²) >= 11 is 0. The molecule has 0 aromatic heterocycles. The first kappa shape index (κ1) is 21.1. The highest BCUT2D eigenvalue weighted by molar-refractivity contribution is 5.14. The van der Waals surface area contributed by atoms with E-state index in [1.165, 1.54) is 89.9 Å². The van der Waals surface area contributed by atoms with Crippen molar-refractivity contribution in [3.8, 4) is 0 Å². The highest BCUT2D eigenvalue weighted by Crippen LogP contribution is 2.35. The molecule has 140 valence electrons. The number of unbranched alkanes of at least 4 members (excludes halogenated alkanes) is 12. The molecule has 0 unspecified atom stereocenters. The molecule has 0 aromatic carbocycles. The molecule has 0 aromatic rings. The van der Waals surface area contributed by atoms with Gasteiger partial charge in [-0.1, -0.05) is 104 Å². The minimum absolute atomic E-state index is 0.115. The first-order valence-electron chi connectivity index (χ1n) is 10.4. The highest BCUT2D eigenvalue weighted by Gasteiger charge is 2.28. The molecule has 0 aliphatic carbocycles. The van der Waals surface area contributed by atoms with Crippen LogP contribution in [0.4, 0.5) is 0 Å². The summed E-state index contributed by atoms with van der Waals surface area (Å²) in [6.07, 6.45) is 21.5. The van der Waals surface area contributed by atoms with Crippen molar-refractivity contribution in [2.24, 2.45) is 5.41 Å². The van der Waals surface area contributed by atoms with Gasteiger partial charge in [0.2, 0.25) is 0 Å². The monoisotopic (exact) mass is 335 g/mol. The van der Waals surface area contributed by atoms with Crippen LogP contribution in [0.1, 0.15) is 111 Å². The number of rotatable bonds is 15. The third kappa shape index (κ3) is 9.39. The highest BCUT2D eigenvalue weighted by atomic mass is 16.5. The van der Waals surface area contributed by atoms with Crippen molar-refractivity contribution >= 4 is 0 Å². The zero-order valence-corrected chi connectivity index (χ0v) is 16.6. The van der Waals surface area contributed by atoms with E-state index in [-0.39, 0.29) is 5.41 Å².